The van der Waals surface area contributed by atoms with Gasteiger partial charge in [-0.1, -0.05) is 19.9 Å². The van der Waals surface area contributed by atoms with Gasteiger partial charge in [0.15, 0.2) is 23.0 Å². The number of phenols is 1. The van der Waals surface area contributed by atoms with Crippen LogP contribution in [0.1, 0.15) is 77.9 Å². The summed E-state index contributed by atoms with van der Waals surface area (Å²) in [4.78, 5) is 43.3. The normalized spacial score (nSPS) is 28.7. The van der Waals surface area contributed by atoms with E-state index in [1.54, 1.807) is 0 Å². The van der Waals surface area contributed by atoms with E-state index >= 15 is 0 Å². The summed E-state index contributed by atoms with van der Waals surface area (Å²) in [6.07, 6.45) is -0.325. The Morgan fingerprint density at radius 2 is 1.86 bits per heavy atom. The number of fused-ring (bicyclic) bond motifs is 9. The Hall–Kier alpha value is -3.72. The van der Waals surface area contributed by atoms with Crippen LogP contribution in [0.4, 0.5) is 0 Å². The molecular formula is C35H43N3O10S. The summed E-state index contributed by atoms with van der Waals surface area (Å²) < 4.78 is 29.7. The van der Waals surface area contributed by atoms with E-state index < -0.39 is 47.6 Å². The van der Waals surface area contributed by atoms with Crippen molar-refractivity contribution in [1.29, 1.82) is 0 Å². The summed E-state index contributed by atoms with van der Waals surface area (Å²) in [6.45, 7) is 8.64. The summed E-state index contributed by atoms with van der Waals surface area (Å²) in [5.74, 6) is 0.468. The highest BCUT2D eigenvalue weighted by atomic mass is 32.2. The van der Waals surface area contributed by atoms with E-state index in [1.807, 2.05) is 45.7 Å². The molecule has 7 rings (SSSR count). The third-order valence-electron chi connectivity index (χ3n) is 10.4. The second-order valence-electron chi connectivity index (χ2n) is 13.9. The largest absolute Gasteiger partial charge is 0.504 e. The number of nitrogens with one attached hydrogen (secondary N) is 1. The van der Waals surface area contributed by atoms with Crippen molar-refractivity contribution in [2.75, 3.05) is 33.3 Å². The van der Waals surface area contributed by atoms with Crippen LogP contribution in [0, 0.1) is 19.8 Å². The van der Waals surface area contributed by atoms with Gasteiger partial charge in [-0.05, 0) is 44.4 Å². The van der Waals surface area contributed by atoms with Crippen molar-refractivity contribution < 1.29 is 48.3 Å². The fraction of sp³-hybridized carbons (Fsp3) is 0.571. The summed E-state index contributed by atoms with van der Waals surface area (Å²) in [5.41, 5.74) is 4.26. The van der Waals surface area contributed by atoms with Crippen LogP contribution in [0.25, 0.3) is 0 Å². The van der Waals surface area contributed by atoms with Gasteiger partial charge in [-0.25, -0.2) is 4.79 Å². The average Bonchev–Trinajstić information content (AvgIpc) is 3.52. The highest BCUT2D eigenvalue weighted by Gasteiger charge is 2.60. The number of hydrogen-bond acceptors (Lipinski definition) is 13. The summed E-state index contributed by atoms with van der Waals surface area (Å²) in [7, 11) is 3.46. The second-order valence-corrected chi connectivity index (χ2v) is 15.1. The van der Waals surface area contributed by atoms with Crippen molar-refractivity contribution in [2.45, 2.75) is 89.1 Å². The van der Waals surface area contributed by atoms with Gasteiger partial charge in [0.05, 0.1) is 30.5 Å². The zero-order valence-corrected chi connectivity index (χ0v) is 29.5. The number of aryl methyl sites for hydroxylation is 1. The molecule has 7 atom stereocenters. The van der Waals surface area contributed by atoms with Gasteiger partial charge in [-0.2, -0.15) is 0 Å². The first kappa shape index (κ1) is 33.8. The molecule has 13 nitrogen and oxygen atoms in total. The number of benzene rings is 2. The lowest BCUT2D eigenvalue weighted by Crippen LogP contribution is -2.69. The molecule has 3 N–H and O–H groups in total. The number of likely N-dealkylation sites (N-methyl/N-ethyl adjacent to an activating group) is 1. The molecule has 2 saturated heterocycles. The van der Waals surface area contributed by atoms with Gasteiger partial charge in [-0.3, -0.25) is 19.4 Å². The number of esters is 2. The predicted molar refractivity (Wildman–Crippen MR) is 178 cm³/mol. The summed E-state index contributed by atoms with van der Waals surface area (Å²) >= 11 is 1.40. The number of aliphatic hydroxyl groups excluding tert-OH is 1. The van der Waals surface area contributed by atoms with Crippen molar-refractivity contribution in [3.63, 3.8) is 0 Å². The van der Waals surface area contributed by atoms with E-state index in [1.165, 1.54) is 25.8 Å². The standard InChI is InChI=1S/C35H43N3O10S/c1-14(2)8-22(40)36-19-12-49-33-25-24(32-31(46-13-47-32)16(4)30(25)48-17(5)39)21(11-45-35(19)43)38-27(33)26-23-18(10-20(34(38)42)37(26)6)9-15(3)29(44-7)28(23)41/h9,14,19-21,26-27,33-34,41-42H,8,10-13H2,1-7H3,(H,36,40)/t19-,20+,21+,26+,27?,33+,34-/m0/s1. The van der Waals surface area contributed by atoms with Gasteiger partial charge in [0.2, 0.25) is 12.7 Å². The molecule has 2 aromatic carbocycles. The first-order valence-corrected chi connectivity index (χ1v) is 17.7. The lowest BCUT2D eigenvalue weighted by atomic mass is 9.73. The van der Waals surface area contributed by atoms with E-state index in [-0.39, 0.29) is 49.2 Å². The minimum Gasteiger partial charge on any atom is -0.504 e. The average molecular weight is 698 g/mol. The Balaban J connectivity index is 1.47. The third-order valence-corrected chi connectivity index (χ3v) is 11.8. The van der Waals surface area contributed by atoms with Gasteiger partial charge >= 0.3 is 11.9 Å². The molecule has 0 saturated carbocycles. The maximum absolute atomic E-state index is 13.6. The Kier molecular flexibility index (Phi) is 8.65. The van der Waals surface area contributed by atoms with Crippen molar-refractivity contribution in [3.05, 3.63) is 39.4 Å². The number of ether oxygens (including phenoxy) is 5. The number of piperazine rings is 1. The van der Waals surface area contributed by atoms with Crippen LogP contribution in [-0.2, 0) is 25.5 Å². The quantitative estimate of drug-likeness (QED) is 0.310. The first-order chi connectivity index (χ1) is 23.3. The minimum atomic E-state index is -1.03. The molecule has 0 aliphatic carbocycles. The number of aliphatic hydroxyl groups is 1. The number of thioether (sulfide) groups is 1. The van der Waals surface area contributed by atoms with Crippen LogP contribution < -0.4 is 24.3 Å². The molecule has 5 aliphatic heterocycles. The van der Waals surface area contributed by atoms with Gasteiger partial charge in [0.25, 0.3) is 0 Å². The molecule has 49 heavy (non-hydrogen) atoms. The Morgan fingerprint density at radius 1 is 1.12 bits per heavy atom. The van der Waals surface area contributed by atoms with Crippen LogP contribution >= 0.6 is 11.8 Å². The molecule has 1 amide bonds. The lowest BCUT2D eigenvalue weighted by Gasteiger charge is -2.62. The number of carbonyl (C=O) groups excluding carboxylic acids is 3. The highest BCUT2D eigenvalue weighted by Crippen LogP contribution is 2.63. The van der Waals surface area contributed by atoms with E-state index in [2.05, 4.69) is 10.2 Å². The molecular weight excluding hydrogens is 654 g/mol. The molecule has 5 heterocycles. The number of phenolic OH excluding ortho intramolecular Hbond substituents is 1. The zero-order valence-electron chi connectivity index (χ0n) is 28.7. The van der Waals surface area contributed by atoms with Crippen molar-refractivity contribution >= 4 is 29.6 Å². The number of amides is 1. The van der Waals surface area contributed by atoms with E-state index in [0.29, 0.717) is 51.7 Å². The number of cyclic esters (lactones) is 1. The molecule has 264 valence electrons. The van der Waals surface area contributed by atoms with Crippen LogP contribution in [0.3, 0.4) is 0 Å². The van der Waals surface area contributed by atoms with E-state index in [9.17, 15) is 24.6 Å². The van der Waals surface area contributed by atoms with Crippen LogP contribution in [0.2, 0.25) is 0 Å². The van der Waals surface area contributed by atoms with Crippen molar-refractivity contribution in [3.8, 4) is 28.7 Å². The predicted octanol–water partition coefficient (Wildman–Crippen LogP) is 3.19. The minimum absolute atomic E-state index is 0.0367. The number of nitrogens with zero attached hydrogens (tertiary/aromatic N) is 2. The smallest absolute Gasteiger partial charge is 0.329 e. The lowest BCUT2D eigenvalue weighted by molar-refractivity contribution is -0.184. The molecule has 14 heteroatoms. The van der Waals surface area contributed by atoms with Crippen LogP contribution in [0.5, 0.6) is 28.7 Å². The first-order valence-electron chi connectivity index (χ1n) is 16.6. The molecule has 0 aromatic heterocycles. The molecule has 0 radical (unpaired) electrons. The second kappa shape index (κ2) is 12.6. The maximum atomic E-state index is 13.6. The fourth-order valence-corrected chi connectivity index (χ4v) is 10.0. The Morgan fingerprint density at radius 3 is 2.55 bits per heavy atom. The van der Waals surface area contributed by atoms with Crippen molar-refractivity contribution in [2.24, 2.45) is 5.92 Å². The van der Waals surface area contributed by atoms with E-state index in [0.717, 1.165) is 11.1 Å². The fourth-order valence-electron chi connectivity index (χ4n) is 8.50. The SMILES string of the molecule is COc1c(C)cc2c(c1O)[C@@H]1C3[C@@H]4SC[C@H](NC(=O)CC(C)C)C(=O)OC[C@H](c5c6c(c(C)c(OC(C)=O)c54)OCO6)N3[C@@H](O)[C@@H](C2)N1C. The molecule has 5 aliphatic rings. The van der Waals surface area contributed by atoms with Gasteiger partial charge in [0.1, 0.15) is 24.6 Å². The van der Waals surface area contributed by atoms with Crippen LogP contribution in [-0.4, -0.2) is 95.5 Å². The number of carbonyl (C=O) groups is 3. The van der Waals surface area contributed by atoms with Gasteiger partial charge in [0, 0.05) is 47.4 Å². The van der Waals surface area contributed by atoms with Crippen LogP contribution in [0.15, 0.2) is 6.07 Å². The number of hydrogen-bond donors (Lipinski definition) is 3. The number of rotatable bonds is 5. The molecule has 2 fully saturated rings. The topological polar surface area (TPSA) is 156 Å². The third kappa shape index (κ3) is 5.29. The van der Waals surface area contributed by atoms with Gasteiger partial charge < -0.3 is 39.2 Å². The van der Waals surface area contributed by atoms with E-state index in [4.69, 9.17) is 23.7 Å². The molecule has 4 bridgehead atoms. The summed E-state index contributed by atoms with van der Waals surface area (Å²) in [6, 6.07) is -1.10. The van der Waals surface area contributed by atoms with Crippen molar-refractivity contribution in [1.82, 2.24) is 15.1 Å². The molecule has 0 spiro atoms. The maximum Gasteiger partial charge on any atom is 0.329 e. The monoisotopic (exact) mass is 697 g/mol. The highest BCUT2D eigenvalue weighted by molar-refractivity contribution is 7.99. The Labute approximate surface area is 289 Å². The number of aromatic hydroxyl groups is 1. The summed E-state index contributed by atoms with van der Waals surface area (Å²) in [5, 5.41) is 26.5. The van der Waals surface area contributed by atoms with Gasteiger partial charge in [-0.15, -0.1) is 11.8 Å². The number of methoxy groups -OCH3 is 1. The molecule has 1 unspecified atom stereocenters. The zero-order chi connectivity index (χ0) is 35.0. The molecule has 2 aromatic rings. The Bertz CT molecular complexity index is 1730.